The van der Waals surface area contributed by atoms with Crippen LogP contribution in [-0.2, 0) is 0 Å². The van der Waals surface area contributed by atoms with Crippen molar-refractivity contribution in [3.63, 3.8) is 0 Å². The van der Waals surface area contributed by atoms with Crippen molar-refractivity contribution in [3.8, 4) is 0 Å². The molecule has 2 rings (SSSR count). The third-order valence-corrected chi connectivity index (χ3v) is 4.60. The summed E-state index contributed by atoms with van der Waals surface area (Å²) in [6.07, 6.45) is 6.87. The van der Waals surface area contributed by atoms with E-state index in [0.717, 1.165) is 18.6 Å². The smallest absolute Gasteiger partial charge is 0.0223 e. The first-order chi connectivity index (χ1) is 8.85. The van der Waals surface area contributed by atoms with E-state index in [1.165, 1.54) is 64.8 Å². The fourth-order valence-electron chi connectivity index (χ4n) is 3.62. The summed E-state index contributed by atoms with van der Waals surface area (Å²) < 4.78 is 0. The molecule has 2 aliphatic rings. The normalized spacial score (nSPS) is 28.0. The molecular formula is C15H31N3. The molecule has 1 N–H and O–H groups in total. The monoisotopic (exact) mass is 253 g/mol. The molecule has 0 spiro atoms. The molecule has 0 aliphatic carbocycles. The fraction of sp³-hybridized carbons (Fsp3) is 1.00. The van der Waals surface area contributed by atoms with Gasteiger partial charge in [-0.15, -0.1) is 0 Å². The van der Waals surface area contributed by atoms with Crippen molar-refractivity contribution >= 4 is 0 Å². The van der Waals surface area contributed by atoms with Crippen molar-refractivity contribution in [1.82, 2.24) is 15.1 Å². The lowest BCUT2D eigenvalue weighted by molar-refractivity contribution is 0.162. The zero-order valence-corrected chi connectivity index (χ0v) is 12.3. The van der Waals surface area contributed by atoms with Crippen LogP contribution >= 0.6 is 0 Å². The number of hydrogen-bond acceptors (Lipinski definition) is 3. The van der Waals surface area contributed by atoms with E-state index in [0.29, 0.717) is 0 Å². The lowest BCUT2D eigenvalue weighted by atomic mass is 10.1. The second-order valence-electron chi connectivity index (χ2n) is 5.93. The van der Waals surface area contributed by atoms with E-state index in [4.69, 9.17) is 0 Å². The summed E-state index contributed by atoms with van der Waals surface area (Å²) in [6.45, 7) is 12.1. The number of nitrogens with zero attached hydrogens (tertiary/aromatic N) is 2. The van der Waals surface area contributed by atoms with Gasteiger partial charge < -0.3 is 5.32 Å². The van der Waals surface area contributed by atoms with Gasteiger partial charge in [0.25, 0.3) is 0 Å². The van der Waals surface area contributed by atoms with Crippen LogP contribution < -0.4 is 5.32 Å². The Morgan fingerprint density at radius 3 is 2.78 bits per heavy atom. The third kappa shape index (κ3) is 3.69. The second-order valence-corrected chi connectivity index (χ2v) is 5.93. The van der Waals surface area contributed by atoms with Gasteiger partial charge in [0.2, 0.25) is 0 Å². The molecule has 0 aromatic heterocycles. The molecule has 2 aliphatic heterocycles. The first-order valence-corrected chi connectivity index (χ1v) is 8.04. The lowest BCUT2D eigenvalue weighted by Crippen LogP contribution is -2.46. The molecule has 3 nitrogen and oxygen atoms in total. The average Bonchev–Trinajstić information content (AvgIpc) is 2.72. The largest absolute Gasteiger partial charge is 0.315 e. The molecule has 0 aromatic carbocycles. The zero-order chi connectivity index (χ0) is 12.8. The first kappa shape index (κ1) is 14.3. The molecule has 3 heteroatoms. The predicted octanol–water partition coefficient (Wildman–Crippen LogP) is 1.93. The Bertz CT molecular complexity index is 232. The minimum atomic E-state index is 0.760. The van der Waals surface area contributed by atoms with Gasteiger partial charge in [0.15, 0.2) is 0 Å². The van der Waals surface area contributed by atoms with Gasteiger partial charge in [-0.1, -0.05) is 20.3 Å². The Morgan fingerprint density at radius 1 is 1.17 bits per heavy atom. The summed E-state index contributed by atoms with van der Waals surface area (Å²) in [7, 11) is 0. The van der Waals surface area contributed by atoms with Gasteiger partial charge >= 0.3 is 0 Å². The van der Waals surface area contributed by atoms with E-state index in [9.17, 15) is 0 Å². The summed E-state index contributed by atoms with van der Waals surface area (Å²) in [6, 6.07) is 1.61. The van der Waals surface area contributed by atoms with Crippen LogP contribution in [0.5, 0.6) is 0 Å². The van der Waals surface area contributed by atoms with Crippen LogP contribution in [-0.4, -0.2) is 61.2 Å². The minimum Gasteiger partial charge on any atom is -0.315 e. The highest BCUT2D eigenvalue weighted by atomic mass is 15.3. The van der Waals surface area contributed by atoms with Crippen LogP contribution in [0.4, 0.5) is 0 Å². The maximum Gasteiger partial charge on any atom is 0.0223 e. The van der Waals surface area contributed by atoms with Crippen LogP contribution in [0.15, 0.2) is 0 Å². The van der Waals surface area contributed by atoms with Gasteiger partial charge in [0.1, 0.15) is 0 Å². The Hall–Kier alpha value is -0.120. The summed E-state index contributed by atoms with van der Waals surface area (Å²) in [4.78, 5) is 5.51. The zero-order valence-electron chi connectivity index (χ0n) is 12.3. The molecule has 2 heterocycles. The van der Waals surface area contributed by atoms with Crippen molar-refractivity contribution in [1.29, 1.82) is 0 Å². The van der Waals surface area contributed by atoms with Crippen molar-refractivity contribution in [2.75, 3.05) is 39.3 Å². The summed E-state index contributed by atoms with van der Waals surface area (Å²) in [5.74, 6) is 0. The number of hydrogen-bond donors (Lipinski definition) is 1. The van der Waals surface area contributed by atoms with E-state index in [-0.39, 0.29) is 0 Å². The molecule has 2 fully saturated rings. The highest BCUT2D eigenvalue weighted by Gasteiger charge is 2.30. The summed E-state index contributed by atoms with van der Waals surface area (Å²) in [5.41, 5.74) is 0. The van der Waals surface area contributed by atoms with Crippen LogP contribution in [0.3, 0.4) is 0 Å². The van der Waals surface area contributed by atoms with Crippen LogP contribution in [0.2, 0.25) is 0 Å². The number of likely N-dealkylation sites (N-methyl/N-ethyl adjacent to an activating group) is 1. The van der Waals surface area contributed by atoms with Crippen molar-refractivity contribution in [2.24, 2.45) is 0 Å². The van der Waals surface area contributed by atoms with E-state index < -0.39 is 0 Å². The standard InChI is InChI=1S/C15H31N3/c1-3-7-14(12-16-4-2)18-11-6-10-17-9-5-8-15(17)13-18/h14-16H,3-13H2,1-2H3. The maximum atomic E-state index is 3.56. The Morgan fingerprint density at radius 2 is 2.00 bits per heavy atom. The van der Waals surface area contributed by atoms with Gasteiger partial charge in [0.05, 0.1) is 0 Å². The highest BCUT2D eigenvalue weighted by molar-refractivity contribution is 4.87. The quantitative estimate of drug-likeness (QED) is 0.780. The highest BCUT2D eigenvalue weighted by Crippen LogP contribution is 2.23. The first-order valence-electron chi connectivity index (χ1n) is 8.04. The number of fused-ring (bicyclic) bond motifs is 1. The van der Waals surface area contributed by atoms with Crippen LogP contribution in [0, 0.1) is 0 Å². The fourth-order valence-corrected chi connectivity index (χ4v) is 3.62. The average molecular weight is 253 g/mol. The molecule has 2 saturated heterocycles. The van der Waals surface area contributed by atoms with E-state index in [2.05, 4.69) is 29.0 Å². The van der Waals surface area contributed by atoms with Gasteiger partial charge in [-0.3, -0.25) is 9.80 Å². The van der Waals surface area contributed by atoms with Crippen LogP contribution in [0.1, 0.15) is 46.0 Å². The molecule has 0 saturated carbocycles. The molecular weight excluding hydrogens is 222 g/mol. The lowest BCUT2D eigenvalue weighted by Gasteiger charge is -2.33. The van der Waals surface area contributed by atoms with Gasteiger partial charge in [-0.05, 0) is 51.9 Å². The number of rotatable bonds is 6. The molecule has 0 radical (unpaired) electrons. The third-order valence-electron chi connectivity index (χ3n) is 4.60. The SMILES string of the molecule is CCCC(CNCC)N1CCCN2CCCC2C1. The van der Waals surface area contributed by atoms with Crippen molar-refractivity contribution in [3.05, 3.63) is 0 Å². The summed E-state index contributed by atoms with van der Waals surface area (Å²) >= 11 is 0. The molecule has 0 amide bonds. The van der Waals surface area contributed by atoms with Gasteiger partial charge in [0, 0.05) is 25.2 Å². The molecule has 18 heavy (non-hydrogen) atoms. The maximum absolute atomic E-state index is 3.56. The second kappa shape index (κ2) is 7.46. The van der Waals surface area contributed by atoms with E-state index in [1.54, 1.807) is 0 Å². The number of nitrogens with one attached hydrogen (secondary N) is 1. The topological polar surface area (TPSA) is 18.5 Å². The van der Waals surface area contributed by atoms with Gasteiger partial charge in [-0.25, -0.2) is 0 Å². The summed E-state index contributed by atoms with van der Waals surface area (Å²) in [5, 5.41) is 3.56. The predicted molar refractivity (Wildman–Crippen MR) is 78.0 cm³/mol. The Labute approximate surface area is 113 Å². The molecule has 106 valence electrons. The minimum absolute atomic E-state index is 0.760. The molecule has 2 atom stereocenters. The van der Waals surface area contributed by atoms with Gasteiger partial charge in [-0.2, -0.15) is 0 Å². The van der Waals surface area contributed by atoms with Crippen molar-refractivity contribution in [2.45, 2.75) is 58.0 Å². The Balaban J connectivity index is 1.91. The van der Waals surface area contributed by atoms with Crippen LogP contribution in [0.25, 0.3) is 0 Å². The van der Waals surface area contributed by atoms with Crippen molar-refractivity contribution < 1.29 is 0 Å². The molecule has 2 unspecified atom stereocenters. The Kier molecular flexibility index (Phi) is 5.93. The van der Waals surface area contributed by atoms with E-state index in [1.807, 2.05) is 0 Å². The molecule has 0 bridgehead atoms. The molecule has 0 aromatic rings. The van der Waals surface area contributed by atoms with E-state index >= 15 is 0 Å².